The van der Waals surface area contributed by atoms with Crippen LogP contribution < -0.4 is 10.6 Å². The van der Waals surface area contributed by atoms with E-state index in [0.717, 1.165) is 5.56 Å². The van der Waals surface area contributed by atoms with Crippen molar-refractivity contribution in [2.75, 3.05) is 5.32 Å². The molecule has 3 N–H and O–H groups in total. The minimum Gasteiger partial charge on any atom is -0.478 e. The maximum absolute atomic E-state index is 12.1. The van der Waals surface area contributed by atoms with Gasteiger partial charge in [0.1, 0.15) is 11.6 Å². The molecule has 1 amide bonds. The molecule has 126 valence electrons. The summed E-state index contributed by atoms with van der Waals surface area (Å²) in [5.41, 5.74) is 1.30. The minimum atomic E-state index is -1.05. The third kappa shape index (κ3) is 5.37. The van der Waals surface area contributed by atoms with Crippen LogP contribution in [0.4, 0.5) is 5.69 Å². The van der Waals surface area contributed by atoms with Gasteiger partial charge in [0.15, 0.2) is 0 Å². The van der Waals surface area contributed by atoms with Gasteiger partial charge >= 0.3 is 5.97 Å². The van der Waals surface area contributed by atoms with Gasteiger partial charge in [-0.25, -0.2) is 4.79 Å². The first-order valence-electron chi connectivity index (χ1n) is 7.22. The number of nitrogens with one attached hydrogen (secondary N) is 2. The summed E-state index contributed by atoms with van der Waals surface area (Å²) in [6.45, 7) is 0.409. The SMILES string of the molecule is N#C/C(=C/NCc1cccc(Cl)c1)C(=O)Nc1ccc(C(=O)O)cc1. The molecule has 0 aliphatic rings. The number of carbonyl (C=O) groups is 2. The molecule has 0 saturated heterocycles. The van der Waals surface area contributed by atoms with E-state index >= 15 is 0 Å². The summed E-state index contributed by atoms with van der Waals surface area (Å²) in [6.07, 6.45) is 1.32. The Morgan fingerprint density at radius 3 is 2.52 bits per heavy atom. The Hall–Kier alpha value is -3.30. The third-order valence-electron chi connectivity index (χ3n) is 3.20. The number of aromatic carboxylic acids is 1. The van der Waals surface area contributed by atoms with E-state index in [1.807, 2.05) is 18.2 Å². The van der Waals surface area contributed by atoms with Crippen molar-refractivity contribution in [2.24, 2.45) is 0 Å². The monoisotopic (exact) mass is 355 g/mol. The summed E-state index contributed by atoms with van der Waals surface area (Å²) in [5, 5.41) is 24.0. The molecule has 0 aliphatic carbocycles. The molecule has 2 aromatic rings. The number of carboxylic acids is 1. The molecule has 0 fully saturated rings. The molecule has 0 aliphatic heterocycles. The van der Waals surface area contributed by atoms with Crippen molar-refractivity contribution in [3.63, 3.8) is 0 Å². The van der Waals surface area contributed by atoms with Crippen LogP contribution in [0.3, 0.4) is 0 Å². The van der Waals surface area contributed by atoms with Crippen molar-refractivity contribution in [3.05, 3.63) is 76.5 Å². The van der Waals surface area contributed by atoms with Gasteiger partial charge in [0.2, 0.25) is 0 Å². The van der Waals surface area contributed by atoms with E-state index in [0.29, 0.717) is 17.3 Å². The van der Waals surface area contributed by atoms with Gasteiger partial charge in [0.05, 0.1) is 5.56 Å². The van der Waals surface area contributed by atoms with Crippen LogP contribution in [0.15, 0.2) is 60.3 Å². The first kappa shape index (κ1) is 18.0. The van der Waals surface area contributed by atoms with E-state index in [1.165, 1.54) is 30.5 Å². The topological polar surface area (TPSA) is 102 Å². The molecule has 2 aromatic carbocycles. The average Bonchev–Trinajstić information content (AvgIpc) is 2.59. The Kier molecular flexibility index (Phi) is 6.15. The fourth-order valence-electron chi connectivity index (χ4n) is 1.96. The second-order valence-corrected chi connectivity index (χ2v) is 5.45. The Bertz CT molecular complexity index is 855. The number of hydrogen-bond donors (Lipinski definition) is 3. The predicted octanol–water partition coefficient (Wildman–Crippen LogP) is 3.17. The number of nitrogens with zero attached hydrogens (tertiary/aromatic N) is 1. The van der Waals surface area contributed by atoms with E-state index in [9.17, 15) is 9.59 Å². The molecule has 0 radical (unpaired) electrons. The molecule has 25 heavy (non-hydrogen) atoms. The highest BCUT2D eigenvalue weighted by molar-refractivity contribution is 6.30. The number of rotatable bonds is 6. The Labute approximate surface area is 149 Å². The predicted molar refractivity (Wildman–Crippen MR) is 94.0 cm³/mol. The van der Waals surface area contributed by atoms with E-state index in [4.69, 9.17) is 22.0 Å². The van der Waals surface area contributed by atoms with Crippen molar-refractivity contribution in [3.8, 4) is 6.07 Å². The summed E-state index contributed by atoms with van der Waals surface area (Å²) in [6, 6.07) is 14.7. The van der Waals surface area contributed by atoms with Crippen LogP contribution in [0.2, 0.25) is 5.02 Å². The number of hydrogen-bond acceptors (Lipinski definition) is 4. The Morgan fingerprint density at radius 1 is 1.20 bits per heavy atom. The number of amides is 1. The van der Waals surface area contributed by atoms with Crippen LogP contribution in [0.1, 0.15) is 15.9 Å². The maximum atomic E-state index is 12.1. The highest BCUT2D eigenvalue weighted by Gasteiger charge is 2.10. The molecule has 0 spiro atoms. The lowest BCUT2D eigenvalue weighted by atomic mass is 10.2. The van der Waals surface area contributed by atoms with Gasteiger partial charge < -0.3 is 15.7 Å². The molecule has 0 saturated carbocycles. The molecule has 0 heterocycles. The van der Waals surface area contributed by atoms with Crippen LogP contribution in [0.5, 0.6) is 0 Å². The summed E-state index contributed by atoms with van der Waals surface area (Å²) < 4.78 is 0. The first-order valence-corrected chi connectivity index (χ1v) is 7.60. The maximum Gasteiger partial charge on any atom is 0.335 e. The van der Waals surface area contributed by atoms with Gasteiger partial charge in [-0.2, -0.15) is 5.26 Å². The van der Waals surface area contributed by atoms with Gasteiger partial charge in [-0.3, -0.25) is 4.79 Å². The quantitative estimate of drug-likeness (QED) is 0.545. The number of anilines is 1. The standard InChI is InChI=1S/C18H14ClN3O3/c19-15-3-1-2-12(8-15)10-21-11-14(9-20)17(23)22-16-6-4-13(5-7-16)18(24)25/h1-8,11,21H,10H2,(H,22,23)(H,24,25)/b14-11-. The van der Waals surface area contributed by atoms with Crippen LogP contribution in [0.25, 0.3) is 0 Å². The zero-order chi connectivity index (χ0) is 18.2. The zero-order valence-electron chi connectivity index (χ0n) is 13.0. The van der Waals surface area contributed by atoms with Gasteiger partial charge in [-0.15, -0.1) is 0 Å². The van der Waals surface area contributed by atoms with Gasteiger partial charge in [0, 0.05) is 23.5 Å². The minimum absolute atomic E-state index is 0.107. The van der Waals surface area contributed by atoms with Crippen molar-refractivity contribution in [2.45, 2.75) is 6.54 Å². The molecule has 6 nitrogen and oxygen atoms in total. The molecular weight excluding hydrogens is 342 g/mol. The smallest absolute Gasteiger partial charge is 0.335 e. The zero-order valence-corrected chi connectivity index (χ0v) is 13.7. The number of benzene rings is 2. The third-order valence-corrected chi connectivity index (χ3v) is 3.43. The molecule has 0 unspecified atom stereocenters. The fraction of sp³-hybridized carbons (Fsp3) is 0.0556. The lowest BCUT2D eigenvalue weighted by Gasteiger charge is -2.06. The van der Waals surface area contributed by atoms with Crippen molar-refractivity contribution in [1.29, 1.82) is 5.26 Å². The number of halogens is 1. The Morgan fingerprint density at radius 2 is 1.92 bits per heavy atom. The molecule has 2 rings (SSSR count). The van der Waals surface area contributed by atoms with E-state index in [-0.39, 0.29) is 11.1 Å². The number of carboxylic acid groups (broad SMARTS) is 1. The van der Waals surface area contributed by atoms with Gasteiger partial charge in [-0.1, -0.05) is 23.7 Å². The van der Waals surface area contributed by atoms with Crippen LogP contribution in [0, 0.1) is 11.3 Å². The fourth-order valence-corrected chi connectivity index (χ4v) is 2.17. The number of carbonyl (C=O) groups excluding carboxylic acids is 1. The number of nitriles is 1. The van der Waals surface area contributed by atoms with Crippen LogP contribution >= 0.6 is 11.6 Å². The molecule has 0 bridgehead atoms. The van der Waals surface area contributed by atoms with Crippen LogP contribution in [-0.4, -0.2) is 17.0 Å². The lowest BCUT2D eigenvalue weighted by Crippen LogP contribution is -2.16. The van der Waals surface area contributed by atoms with E-state index in [1.54, 1.807) is 12.1 Å². The summed E-state index contributed by atoms with van der Waals surface area (Å²) >= 11 is 5.89. The van der Waals surface area contributed by atoms with E-state index < -0.39 is 11.9 Å². The lowest BCUT2D eigenvalue weighted by molar-refractivity contribution is -0.112. The normalized spacial score (nSPS) is 10.6. The second kappa shape index (κ2) is 8.52. The molecular formula is C18H14ClN3O3. The molecule has 7 heteroatoms. The van der Waals surface area contributed by atoms with Gasteiger partial charge in [0.25, 0.3) is 5.91 Å². The highest BCUT2D eigenvalue weighted by Crippen LogP contribution is 2.12. The van der Waals surface area contributed by atoms with Crippen molar-refractivity contribution >= 4 is 29.2 Å². The van der Waals surface area contributed by atoms with Gasteiger partial charge in [-0.05, 0) is 42.0 Å². The summed E-state index contributed by atoms with van der Waals surface area (Å²) in [7, 11) is 0. The van der Waals surface area contributed by atoms with E-state index in [2.05, 4.69) is 10.6 Å². The average molecular weight is 356 g/mol. The Balaban J connectivity index is 1.97. The highest BCUT2D eigenvalue weighted by atomic mass is 35.5. The second-order valence-electron chi connectivity index (χ2n) is 5.02. The largest absolute Gasteiger partial charge is 0.478 e. The molecule has 0 aromatic heterocycles. The van der Waals surface area contributed by atoms with Crippen molar-refractivity contribution in [1.82, 2.24) is 5.32 Å². The molecule has 0 atom stereocenters. The van der Waals surface area contributed by atoms with Crippen LogP contribution in [-0.2, 0) is 11.3 Å². The summed E-state index contributed by atoms with van der Waals surface area (Å²) in [5.74, 6) is -1.65. The summed E-state index contributed by atoms with van der Waals surface area (Å²) in [4.78, 5) is 22.9. The van der Waals surface area contributed by atoms with Crippen molar-refractivity contribution < 1.29 is 14.7 Å². The first-order chi connectivity index (χ1) is 12.0.